The highest BCUT2D eigenvalue weighted by atomic mass is 16.4. The molecule has 5 heteroatoms. The maximum Gasteiger partial charge on any atom is 0.338 e. The summed E-state index contributed by atoms with van der Waals surface area (Å²) in [6, 6.07) is 13.3. The zero-order valence-electron chi connectivity index (χ0n) is 14.3. The van der Waals surface area contributed by atoms with Crippen LogP contribution in [0.3, 0.4) is 0 Å². The number of β-amino-alcohol motifs (C(OH)–C–C–N with tert-alkyl or cyclic N) is 1. The van der Waals surface area contributed by atoms with Crippen molar-refractivity contribution in [3.05, 3.63) is 58.4 Å². The van der Waals surface area contributed by atoms with Crippen LogP contribution in [-0.2, 0) is 0 Å². The first-order valence-corrected chi connectivity index (χ1v) is 8.41. The fourth-order valence-corrected chi connectivity index (χ4v) is 3.45. The summed E-state index contributed by atoms with van der Waals surface area (Å²) >= 11 is 0. The van der Waals surface area contributed by atoms with E-state index >= 15 is 0 Å². The van der Waals surface area contributed by atoms with Gasteiger partial charge in [0, 0.05) is 30.1 Å². The summed E-state index contributed by atoms with van der Waals surface area (Å²) in [6.07, 6.45) is 0.694. The summed E-state index contributed by atoms with van der Waals surface area (Å²) in [5, 5.41) is 11.0. The minimum absolute atomic E-state index is 0.329. The molecule has 1 fully saturated rings. The number of fused-ring (bicyclic) bond motifs is 1. The number of hydrogen-bond donors (Lipinski definition) is 1. The van der Waals surface area contributed by atoms with Gasteiger partial charge in [0.05, 0.1) is 5.60 Å². The van der Waals surface area contributed by atoms with E-state index in [0.29, 0.717) is 18.7 Å². The molecule has 25 heavy (non-hydrogen) atoms. The van der Waals surface area contributed by atoms with Gasteiger partial charge in [0.2, 0.25) is 5.71 Å². The predicted molar refractivity (Wildman–Crippen MR) is 97.9 cm³/mol. The highest BCUT2D eigenvalue weighted by Crippen LogP contribution is 2.31. The van der Waals surface area contributed by atoms with Gasteiger partial charge in [0.1, 0.15) is 5.82 Å². The van der Waals surface area contributed by atoms with Gasteiger partial charge in [-0.05, 0) is 43.5 Å². The highest BCUT2D eigenvalue weighted by molar-refractivity contribution is 5.92. The van der Waals surface area contributed by atoms with E-state index in [-0.39, 0.29) is 0 Å². The smallest absolute Gasteiger partial charge is 0.338 e. The molecule has 4 rings (SSSR count). The Morgan fingerprint density at radius 1 is 1.20 bits per heavy atom. The Labute approximate surface area is 145 Å². The monoisotopic (exact) mass is 336 g/mol. The lowest BCUT2D eigenvalue weighted by Crippen LogP contribution is -2.29. The van der Waals surface area contributed by atoms with Crippen LogP contribution >= 0.6 is 0 Å². The standard InChI is InChI=1S/C20H20N2O3/c1-13-5-3-4-6-14(13)16-11-18(23)25-19-15(16)7-8-17(21-19)22-10-9-20(2,24)12-22/h3-8,11,24H,9-10,12H2,1-2H3/t20-/m0/s1. The van der Waals surface area contributed by atoms with E-state index in [0.717, 1.165) is 34.4 Å². The molecule has 0 aliphatic carbocycles. The van der Waals surface area contributed by atoms with Gasteiger partial charge < -0.3 is 14.4 Å². The van der Waals surface area contributed by atoms with E-state index in [1.54, 1.807) is 0 Å². The molecular weight excluding hydrogens is 316 g/mol. The third kappa shape index (κ3) is 2.91. The van der Waals surface area contributed by atoms with Crippen molar-refractivity contribution >= 4 is 16.9 Å². The first kappa shape index (κ1) is 15.8. The molecular formula is C20H20N2O3. The second-order valence-electron chi connectivity index (χ2n) is 6.98. The van der Waals surface area contributed by atoms with Crippen LogP contribution in [0.1, 0.15) is 18.9 Å². The van der Waals surface area contributed by atoms with Crippen molar-refractivity contribution in [3.63, 3.8) is 0 Å². The van der Waals surface area contributed by atoms with Crippen LogP contribution in [0, 0.1) is 6.92 Å². The Balaban J connectivity index is 1.85. The van der Waals surface area contributed by atoms with Gasteiger partial charge in [0.25, 0.3) is 0 Å². The van der Waals surface area contributed by atoms with Gasteiger partial charge in [-0.25, -0.2) is 4.79 Å². The second kappa shape index (κ2) is 5.70. The Bertz CT molecular complexity index is 1010. The van der Waals surface area contributed by atoms with Crippen LogP contribution in [0.25, 0.3) is 22.2 Å². The summed E-state index contributed by atoms with van der Waals surface area (Å²) in [5.41, 5.74) is 2.13. The molecule has 0 saturated carbocycles. The van der Waals surface area contributed by atoms with Crippen molar-refractivity contribution in [1.29, 1.82) is 0 Å². The highest BCUT2D eigenvalue weighted by Gasteiger charge is 2.32. The van der Waals surface area contributed by atoms with Gasteiger partial charge in [-0.2, -0.15) is 4.98 Å². The third-order valence-electron chi connectivity index (χ3n) is 4.81. The lowest BCUT2D eigenvalue weighted by molar-refractivity contribution is 0.0839. The summed E-state index contributed by atoms with van der Waals surface area (Å²) < 4.78 is 5.36. The predicted octanol–water partition coefficient (Wildman–Crippen LogP) is 3.12. The van der Waals surface area contributed by atoms with Gasteiger partial charge in [-0.1, -0.05) is 24.3 Å². The Morgan fingerprint density at radius 2 is 2.00 bits per heavy atom. The number of aliphatic hydroxyl groups is 1. The van der Waals surface area contributed by atoms with Crippen molar-refractivity contribution in [2.45, 2.75) is 25.9 Å². The number of nitrogens with zero attached hydrogens (tertiary/aromatic N) is 2. The number of aromatic nitrogens is 1. The molecule has 3 heterocycles. The van der Waals surface area contributed by atoms with E-state index in [1.165, 1.54) is 6.07 Å². The molecule has 1 saturated heterocycles. The van der Waals surface area contributed by atoms with E-state index in [4.69, 9.17) is 4.42 Å². The molecule has 5 nitrogen and oxygen atoms in total. The average molecular weight is 336 g/mol. The molecule has 2 aromatic heterocycles. The van der Waals surface area contributed by atoms with Crippen molar-refractivity contribution in [2.24, 2.45) is 0 Å². The van der Waals surface area contributed by atoms with Crippen LogP contribution in [0.2, 0.25) is 0 Å². The molecule has 128 valence electrons. The van der Waals surface area contributed by atoms with Crippen molar-refractivity contribution in [1.82, 2.24) is 4.98 Å². The zero-order valence-corrected chi connectivity index (χ0v) is 14.3. The van der Waals surface area contributed by atoms with E-state index in [9.17, 15) is 9.90 Å². The number of rotatable bonds is 2. The topological polar surface area (TPSA) is 66.6 Å². The summed E-state index contributed by atoms with van der Waals surface area (Å²) in [5.74, 6) is 0.718. The lowest BCUT2D eigenvalue weighted by atomic mass is 9.99. The molecule has 1 N–H and O–H groups in total. The molecule has 3 aromatic rings. The first-order chi connectivity index (χ1) is 11.9. The first-order valence-electron chi connectivity index (χ1n) is 8.41. The molecule has 0 spiro atoms. The van der Waals surface area contributed by atoms with Crippen molar-refractivity contribution in [2.75, 3.05) is 18.0 Å². The van der Waals surface area contributed by atoms with Crippen LogP contribution in [0.4, 0.5) is 5.82 Å². The van der Waals surface area contributed by atoms with Crippen LogP contribution in [0.5, 0.6) is 0 Å². The van der Waals surface area contributed by atoms with Crippen LogP contribution in [0.15, 0.2) is 51.7 Å². The Hall–Kier alpha value is -2.66. The Morgan fingerprint density at radius 3 is 2.72 bits per heavy atom. The number of anilines is 1. The van der Waals surface area contributed by atoms with Gasteiger partial charge in [0.15, 0.2) is 0 Å². The molecule has 1 aliphatic heterocycles. The van der Waals surface area contributed by atoms with Crippen LogP contribution < -0.4 is 10.5 Å². The quantitative estimate of drug-likeness (QED) is 0.779. The molecule has 1 aromatic carbocycles. The lowest BCUT2D eigenvalue weighted by Gasteiger charge is -2.20. The molecule has 1 aliphatic rings. The third-order valence-corrected chi connectivity index (χ3v) is 4.81. The molecule has 0 amide bonds. The maximum absolute atomic E-state index is 12.1. The normalized spacial score (nSPS) is 20.4. The number of benzene rings is 1. The second-order valence-corrected chi connectivity index (χ2v) is 6.98. The molecule has 1 atom stereocenters. The van der Waals surface area contributed by atoms with Gasteiger partial charge in [-0.3, -0.25) is 0 Å². The van der Waals surface area contributed by atoms with Crippen molar-refractivity contribution < 1.29 is 9.52 Å². The Kier molecular flexibility index (Phi) is 3.62. The fraction of sp³-hybridized carbons (Fsp3) is 0.300. The van der Waals surface area contributed by atoms with Gasteiger partial charge >= 0.3 is 5.63 Å². The zero-order chi connectivity index (χ0) is 17.6. The fourth-order valence-electron chi connectivity index (χ4n) is 3.45. The average Bonchev–Trinajstić information content (AvgIpc) is 2.94. The minimum Gasteiger partial charge on any atom is -0.404 e. The summed E-state index contributed by atoms with van der Waals surface area (Å²) in [7, 11) is 0. The minimum atomic E-state index is -0.708. The number of aryl methyl sites for hydroxylation is 1. The van der Waals surface area contributed by atoms with Crippen LogP contribution in [-0.4, -0.2) is 28.8 Å². The summed E-state index contributed by atoms with van der Waals surface area (Å²) in [6.45, 7) is 5.09. The molecule has 0 unspecified atom stereocenters. The molecule has 0 radical (unpaired) electrons. The van der Waals surface area contributed by atoms with Gasteiger partial charge in [-0.15, -0.1) is 0 Å². The molecule has 0 bridgehead atoms. The SMILES string of the molecule is Cc1ccccc1-c1cc(=O)oc2nc(N3CC[C@](C)(O)C3)ccc12. The maximum atomic E-state index is 12.1. The van der Waals surface area contributed by atoms with Crippen molar-refractivity contribution in [3.8, 4) is 11.1 Å². The number of pyridine rings is 1. The van der Waals surface area contributed by atoms with E-state index in [2.05, 4.69) is 4.98 Å². The van der Waals surface area contributed by atoms with E-state index in [1.807, 2.05) is 55.1 Å². The van der Waals surface area contributed by atoms with E-state index < -0.39 is 11.2 Å². The summed E-state index contributed by atoms with van der Waals surface area (Å²) in [4.78, 5) is 18.6. The largest absolute Gasteiger partial charge is 0.404 e. The number of hydrogen-bond acceptors (Lipinski definition) is 5.